The second-order valence-corrected chi connectivity index (χ2v) is 3.23. The van der Waals surface area contributed by atoms with Crippen LogP contribution in [0.1, 0.15) is 25.7 Å². The molecule has 0 saturated heterocycles. The highest BCUT2D eigenvalue weighted by Gasteiger charge is 2.19. The molecule has 3 heteroatoms. The number of nitrogens with zero attached hydrogens (tertiary/aromatic N) is 1. The lowest BCUT2D eigenvalue weighted by Crippen LogP contribution is -2.29. The molecule has 0 aromatic carbocycles. The number of nitrogens with one attached hydrogen (secondary N) is 1. The number of rotatable bonds is 0. The zero-order chi connectivity index (χ0) is 8.55. The van der Waals surface area contributed by atoms with Gasteiger partial charge in [-0.2, -0.15) is 0 Å². The average molecular weight is 163 g/mol. The minimum Gasteiger partial charge on any atom is -0.383 e. The van der Waals surface area contributed by atoms with Gasteiger partial charge in [0, 0.05) is 11.3 Å². The fraction of sp³-hybridized carbons (Fsp3) is 0.444. The Labute approximate surface area is 72.1 Å². The highest BCUT2D eigenvalue weighted by Crippen LogP contribution is 2.26. The van der Waals surface area contributed by atoms with E-state index >= 15 is 0 Å². The Morgan fingerprint density at radius 1 is 1.33 bits per heavy atom. The number of hydrogen-bond donors (Lipinski definition) is 2. The van der Waals surface area contributed by atoms with Gasteiger partial charge in [-0.05, 0) is 25.7 Å². The summed E-state index contributed by atoms with van der Waals surface area (Å²) < 4.78 is 0. The molecule has 0 aromatic heterocycles. The van der Waals surface area contributed by atoms with Crippen molar-refractivity contribution in [2.24, 2.45) is 10.7 Å². The van der Waals surface area contributed by atoms with Crippen molar-refractivity contribution in [2.75, 3.05) is 0 Å². The molecule has 3 nitrogen and oxygen atoms in total. The molecule has 2 aliphatic rings. The van der Waals surface area contributed by atoms with Crippen molar-refractivity contribution in [2.45, 2.75) is 25.7 Å². The van der Waals surface area contributed by atoms with Crippen LogP contribution in [0.25, 0.3) is 0 Å². The van der Waals surface area contributed by atoms with Gasteiger partial charge in [0.1, 0.15) is 11.7 Å². The fourth-order valence-electron chi connectivity index (χ4n) is 1.74. The lowest BCUT2D eigenvalue weighted by atomic mass is 9.94. The largest absolute Gasteiger partial charge is 0.383 e. The van der Waals surface area contributed by atoms with Gasteiger partial charge >= 0.3 is 0 Å². The summed E-state index contributed by atoms with van der Waals surface area (Å²) in [5, 5.41) is 3.17. The fourth-order valence-corrected chi connectivity index (χ4v) is 1.74. The Morgan fingerprint density at radius 3 is 2.92 bits per heavy atom. The molecule has 1 aliphatic heterocycles. The molecule has 64 valence electrons. The molecule has 0 spiro atoms. The van der Waals surface area contributed by atoms with Crippen molar-refractivity contribution in [1.82, 2.24) is 5.32 Å². The molecule has 0 aromatic rings. The Morgan fingerprint density at radius 2 is 2.08 bits per heavy atom. The van der Waals surface area contributed by atoms with Gasteiger partial charge in [-0.15, -0.1) is 0 Å². The van der Waals surface area contributed by atoms with Crippen molar-refractivity contribution in [3.63, 3.8) is 0 Å². The van der Waals surface area contributed by atoms with Gasteiger partial charge in [-0.25, -0.2) is 4.99 Å². The van der Waals surface area contributed by atoms with E-state index in [9.17, 15) is 0 Å². The summed E-state index contributed by atoms with van der Waals surface area (Å²) in [6.45, 7) is 3.74. The molecule has 1 heterocycles. The highest BCUT2D eigenvalue weighted by molar-refractivity contribution is 5.99. The highest BCUT2D eigenvalue weighted by atomic mass is 15.1. The van der Waals surface area contributed by atoms with Crippen LogP contribution < -0.4 is 11.1 Å². The van der Waals surface area contributed by atoms with Crippen LogP contribution in [0.2, 0.25) is 0 Å². The van der Waals surface area contributed by atoms with Crippen LogP contribution >= 0.6 is 0 Å². The Hall–Kier alpha value is -1.25. The number of hydrogen-bond acceptors (Lipinski definition) is 3. The van der Waals surface area contributed by atoms with E-state index in [4.69, 9.17) is 5.73 Å². The topological polar surface area (TPSA) is 50.4 Å². The molecule has 0 fully saturated rings. The van der Waals surface area contributed by atoms with Crippen LogP contribution in [0, 0.1) is 0 Å². The maximum Gasteiger partial charge on any atom is 0.130 e. The summed E-state index contributed by atoms with van der Waals surface area (Å²) in [5.41, 5.74) is 8.21. The standard InChI is InChI=1S/C9H13N3/c1-6-11-8-5-3-2-4-7(8)9(10)12-6/h11H,1-5H2,(H2,10,12). The molecule has 0 radical (unpaired) electrons. The van der Waals surface area contributed by atoms with E-state index in [1.165, 1.54) is 24.1 Å². The quantitative estimate of drug-likeness (QED) is 0.564. The van der Waals surface area contributed by atoms with Gasteiger partial charge in [0.2, 0.25) is 0 Å². The molecule has 0 unspecified atom stereocenters. The molecule has 0 atom stereocenters. The monoisotopic (exact) mass is 163 g/mol. The molecule has 0 amide bonds. The lowest BCUT2D eigenvalue weighted by Gasteiger charge is -2.25. The molecule has 3 N–H and O–H groups in total. The average Bonchev–Trinajstić information content (AvgIpc) is 2.04. The van der Waals surface area contributed by atoms with Gasteiger partial charge in [0.15, 0.2) is 0 Å². The maximum absolute atomic E-state index is 5.77. The number of nitrogens with two attached hydrogens (primary N) is 1. The van der Waals surface area contributed by atoms with Crippen LogP contribution in [0.5, 0.6) is 0 Å². The summed E-state index contributed by atoms with van der Waals surface area (Å²) in [7, 11) is 0. The Balaban J connectivity index is 2.35. The Kier molecular flexibility index (Phi) is 1.64. The van der Waals surface area contributed by atoms with Crippen LogP contribution in [-0.2, 0) is 0 Å². The summed E-state index contributed by atoms with van der Waals surface area (Å²) >= 11 is 0. The first-order chi connectivity index (χ1) is 5.77. The van der Waals surface area contributed by atoms with Crippen LogP contribution in [0.3, 0.4) is 0 Å². The second-order valence-electron chi connectivity index (χ2n) is 3.23. The minimum absolute atomic E-state index is 0.661. The van der Waals surface area contributed by atoms with Gasteiger partial charge < -0.3 is 11.1 Å². The van der Waals surface area contributed by atoms with E-state index in [-0.39, 0.29) is 0 Å². The third-order valence-corrected chi connectivity index (χ3v) is 2.33. The van der Waals surface area contributed by atoms with Gasteiger partial charge in [-0.3, -0.25) is 0 Å². The Bertz CT molecular complexity index is 286. The van der Waals surface area contributed by atoms with Crippen molar-refractivity contribution in [3.05, 3.63) is 23.7 Å². The number of aliphatic imine (C=N–C) groups is 1. The van der Waals surface area contributed by atoms with E-state index < -0.39 is 0 Å². The maximum atomic E-state index is 5.77. The lowest BCUT2D eigenvalue weighted by molar-refractivity contribution is 0.645. The van der Waals surface area contributed by atoms with E-state index in [1.54, 1.807) is 0 Å². The molecule has 0 bridgehead atoms. The van der Waals surface area contributed by atoms with E-state index in [0.29, 0.717) is 11.7 Å². The van der Waals surface area contributed by atoms with Crippen molar-refractivity contribution < 1.29 is 0 Å². The second kappa shape index (κ2) is 2.66. The number of amidine groups is 1. The van der Waals surface area contributed by atoms with Crippen molar-refractivity contribution in [1.29, 1.82) is 0 Å². The summed E-state index contributed by atoms with van der Waals surface area (Å²) in [6, 6.07) is 0. The van der Waals surface area contributed by atoms with Crippen molar-refractivity contribution in [3.8, 4) is 0 Å². The van der Waals surface area contributed by atoms with Crippen LogP contribution in [-0.4, -0.2) is 5.84 Å². The number of allylic oxidation sites excluding steroid dienone is 1. The van der Waals surface area contributed by atoms with Gasteiger partial charge in [0.05, 0.1) is 0 Å². The third kappa shape index (κ3) is 1.11. The third-order valence-electron chi connectivity index (χ3n) is 2.33. The molecule has 0 saturated carbocycles. The smallest absolute Gasteiger partial charge is 0.130 e. The van der Waals surface area contributed by atoms with Crippen molar-refractivity contribution >= 4 is 5.84 Å². The molecule has 2 rings (SSSR count). The van der Waals surface area contributed by atoms with E-state index in [2.05, 4.69) is 16.9 Å². The molecule has 12 heavy (non-hydrogen) atoms. The SMILES string of the molecule is C=C1N=C(N)C2=C(CCCC2)N1. The summed E-state index contributed by atoms with van der Waals surface area (Å²) in [5.74, 6) is 1.33. The zero-order valence-electron chi connectivity index (χ0n) is 7.06. The molecule has 1 aliphatic carbocycles. The summed E-state index contributed by atoms with van der Waals surface area (Å²) in [6.07, 6.45) is 4.62. The minimum atomic E-state index is 0.661. The predicted octanol–water partition coefficient (Wildman–Crippen LogP) is 1.25. The molecular formula is C9H13N3. The van der Waals surface area contributed by atoms with E-state index in [0.717, 1.165) is 12.8 Å². The normalized spacial score (nSPS) is 23.0. The van der Waals surface area contributed by atoms with Gasteiger partial charge in [-0.1, -0.05) is 6.58 Å². The zero-order valence-corrected chi connectivity index (χ0v) is 7.06. The molecular weight excluding hydrogens is 150 g/mol. The van der Waals surface area contributed by atoms with Gasteiger partial charge in [0.25, 0.3) is 0 Å². The first-order valence-corrected chi connectivity index (χ1v) is 4.30. The van der Waals surface area contributed by atoms with Crippen LogP contribution in [0.4, 0.5) is 0 Å². The first kappa shape index (κ1) is 7.40. The van der Waals surface area contributed by atoms with E-state index in [1.807, 2.05) is 0 Å². The first-order valence-electron chi connectivity index (χ1n) is 4.30. The van der Waals surface area contributed by atoms with Crippen LogP contribution in [0.15, 0.2) is 28.7 Å². The predicted molar refractivity (Wildman–Crippen MR) is 49.4 cm³/mol. The summed E-state index contributed by atoms with van der Waals surface area (Å²) in [4.78, 5) is 4.10.